The minimum absolute atomic E-state index is 0.141. The fourth-order valence-corrected chi connectivity index (χ4v) is 2.68. The third-order valence-electron chi connectivity index (χ3n) is 3.97. The van der Waals surface area contributed by atoms with E-state index in [-0.39, 0.29) is 10.6 Å². The van der Waals surface area contributed by atoms with Crippen LogP contribution < -0.4 is 5.32 Å². The number of carboxylic acid groups (broad SMARTS) is 1. The highest BCUT2D eigenvalue weighted by molar-refractivity contribution is 6.34. The molecule has 6 nitrogen and oxygen atoms in total. The number of carbonyl (C=O) groups excluding carboxylic acids is 1. The molecule has 0 aliphatic carbocycles. The summed E-state index contributed by atoms with van der Waals surface area (Å²) in [6.45, 7) is 3.09. The average molecular weight is 365 g/mol. The van der Waals surface area contributed by atoms with E-state index < -0.39 is 23.3 Å². The van der Waals surface area contributed by atoms with E-state index >= 15 is 0 Å². The normalized spacial score (nSPS) is 14.0. The molecule has 1 aromatic heterocycles. The topological polar surface area (TPSA) is 88.5 Å². The Morgan fingerprint density at radius 2 is 2.04 bits per heavy atom. The summed E-state index contributed by atoms with van der Waals surface area (Å²) in [7, 11) is 0. The van der Waals surface area contributed by atoms with Crippen molar-refractivity contribution in [2.75, 3.05) is 18.5 Å². The first-order valence-electron chi connectivity index (χ1n) is 7.44. The number of aromatic carboxylic acids is 1. The highest BCUT2D eigenvalue weighted by atomic mass is 35.5. The first-order valence-corrected chi connectivity index (χ1v) is 7.82. The third kappa shape index (κ3) is 3.47. The predicted octanol–water partition coefficient (Wildman–Crippen LogP) is 3.25. The van der Waals surface area contributed by atoms with Crippen LogP contribution in [0.4, 0.5) is 10.2 Å². The van der Waals surface area contributed by atoms with Gasteiger partial charge in [-0.15, -0.1) is 0 Å². The van der Waals surface area contributed by atoms with Gasteiger partial charge in [0, 0.05) is 12.1 Å². The lowest BCUT2D eigenvalue weighted by molar-refractivity contribution is 0.00828. The average Bonchev–Trinajstić information content (AvgIpc) is 2.47. The number of carbonyl (C=O) groups is 2. The number of benzene rings is 1. The molecule has 1 amide bonds. The molecule has 1 fully saturated rings. The number of hydrogen-bond donors (Lipinski definition) is 2. The SMILES string of the molecule is Cc1cc(C2COC2)cnc1NC(=O)c1cc(C(=O)O)c(F)cc1Cl. The standard InChI is InChI=1S/C17H14ClFN2O4/c1-8-2-9(10-6-25-7-10)5-20-15(8)21-16(22)11-3-12(17(23)24)14(19)4-13(11)18/h2-5,10H,6-7H2,1H3,(H,23,24)(H,20,21,22). The molecule has 1 aliphatic heterocycles. The second kappa shape index (κ2) is 6.78. The van der Waals surface area contributed by atoms with Crippen LogP contribution in [0.5, 0.6) is 0 Å². The van der Waals surface area contributed by atoms with Gasteiger partial charge in [0.05, 0.1) is 29.4 Å². The Labute approximate surface area is 147 Å². The Morgan fingerprint density at radius 1 is 1.32 bits per heavy atom. The number of hydrogen-bond acceptors (Lipinski definition) is 4. The van der Waals surface area contributed by atoms with Crippen LogP contribution in [0.25, 0.3) is 0 Å². The Hall–Kier alpha value is -2.51. The van der Waals surface area contributed by atoms with Crippen molar-refractivity contribution in [3.05, 3.63) is 57.5 Å². The van der Waals surface area contributed by atoms with Crippen molar-refractivity contribution in [3.63, 3.8) is 0 Å². The van der Waals surface area contributed by atoms with Gasteiger partial charge in [-0.3, -0.25) is 4.79 Å². The van der Waals surface area contributed by atoms with Gasteiger partial charge in [0.2, 0.25) is 0 Å². The lowest BCUT2D eigenvalue weighted by Crippen LogP contribution is -2.25. The van der Waals surface area contributed by atoms with Crippen molar-refractivity contribution >= 4 is 29.3 Å². The molecule has 2 heterocycles. The van der Waals surface area contributed by atoms with Gasteiger partial charge >= 0.3 is 5.97 Å². The van der Waals surface area contributed by atoms with E-state index in [9.17, 15) is 14.0 Å². The largest absolute Gasteiger partial charge is 0.478 e. The van der Waals surface area contributed by atoms with Crippen LogP contribution in [-0.4, -0.2) is 35.2 Å². The molecule has 0 radical (unpaired) electrons. The van der Waals surface area contributed by atoms with Gasteiger partial charge in [-0.2, -0.15) is 0 Å². The summed E-state index contributed by atoms with van der Waals surface area (Å²) in [4.78, 5) is 27.6. The van der Waals surface area contributed by atoms with Gasteiger partial charge in [-0.05, 0) is 30.2 Å². The van der Waals surface area contributed by atoms with E-state index in [4.69, 9.17) is 21.4 Å². The van der Waals surface area contributed by atoms with Gasteiger partial charge in [0.1, 0.15) is 11.6 Å². The zero-order valence-electron chi connectivity index (χ0n) is 13.2. The van der Waals surface area contributed by atoms with E-state index in [2.05, 4.69) is 10.3 Å². The summed E-state index contributed by atoms with van der Waals surface area (Å²) in [5.74, 6) is -2.52. The second-order valence-corrected chi connectivity index (χ2v) is 6.15. The number of anilines is 1. The molecule has 2 N–H and O–H groups in total. The van der Waals surface area contributed by atoms with Gasteiger partial charge < -0.3 is 15.2 Å². The lowest BCUT2D eigenvalue weighted by atomic mass is 9.98. The maximum absolute atomic E-state index is 13.6. The molecule has 3 rings (SSSR count). The molecule has 25 heavy (non-hydrogen) atoms. The molecule has 0 unspecified atom stereocenters. The summed E-state index contributed by atoms with van der Waals surface area (Å²) >= 11 is 5.87. The van der Waals surface area contributed by atoms with Crippen LogP contribution in [0, 0.1) is 12.7 Å². The number of amides is 1. The highest BCUT2D eigenvalue weighted by Crippen LogP contribution is 2.27. The summed E-state index contributed by atoms with van der Waals surface area (Å²) in [6, 6.07) is 3.62. The number of halogens is 2. The maximum atomic E-state index is 13.6. The summed E-state index contributed by atoms with van der Waals surface area (Å²) in [5.41, 5.74) is 1.00. The number of rotatable bonds is 4. The molecular formula is C17H14ClFN2O4. The summed E-state index contributed by atoms with van der Waals surface area (Å²) < 4.78 is 18.7. The van der Waals surface area contributed by atoms with E-state index in [0.717, 1.165) is 23.3 Å². The molecular weight excluding hydrogens is 351 g/mol. The molecule has 1 aliphatic rings. The fraction of sp³-hybridized carbons (Fsp3) is 0.235. The van der Waals surface area contributed by atoms with Gasteiger partial charge in [0.25, 0.3) is 5.91 Å². The van der Waals surface area contributed by atoms with Gasteiger partial charge in [-0.25, -0.2) is 14.2 Å². The zero-order chi connectivity index (χ0) is 18.1. The molecule has 130 valence electrons. The quantitative estimate of drug-likeness (QED) is 0.869. The Bertz CT molecular complexity index is 868. The monoisotopic (exact) mass is 364 g/mol. The van der Waals surface area contributed by atoms with Crippen molar-refractivity contribution in [1.29, 1.82) is 0 Å². The van der Waals surface area contributed by atoms with E-state index in [1.54, 1.807) is 13.1 Å². The number of nitrogens with zero attached hydrogens (tertiary/aromatic N) is 1. The van der Waals surface area contributed by atoms with Crippen molar-refractivity contribution < 1.29 is 23.8 Å². The van der Waals surface area contributed by atoms with Crippen LogP contribution >= 0.6 is 11.6 Å². The van der Waals surface area contributed by atoms with Crippen LogP contribution in [-0.2, 0) is 4.74 Å². The lowest BCUT2D eigenvalue weighted by Gasteiger charge is -2.26. The molecule has 0 atom stereocenters. The fourth-order valence-electron chi connectivity index (χ4n) is 2.44. The number of carboxylic acids is 1. The summed E-state index contributed by atoms with van der Waals surface area (Å²) in [6.07, 6.45) is 1.66. The number of aryl methyl sites for hydroxylation is 1. The van der Waals surface area contributed by atoms with E-state index in [1.807, 2.05) is 6.07 Å². The van der Waals surface area contributed by atoms with Crippen LogP contribution in [0.2, 0.25) is 5.02 Å². The highest BCUT2D eigenvalue weighted by Gasteiger charge is 2.22. The van der Waals surface area contributed by atoms with Crippen LogP contribution in [0.1, 0.15) is 37.8 Å². The van der Waals surface area contributed by atoms with Gasteiger partial charge in [-0.1, -0.05) is 17.7 Å². The van der Waals surface area contributed by atoms with Crippen molar-refractivity contribution in [1.82, 2.24) is 4.98 Å². The number of pyridine rings is 1. The molecule has 1 aromatic carbocycles. The van der Waals surface area contributed by atoms with Crippen LogP contribution in [0.15, 0.2) is 24.4 Å². The summed E-state index contributed by atoms with van der Waals surface area (Å²) in [5, 5.41) is 11.4. The van der Waals surface area contributed by atoms with Crippen molar-refractivity contribution in [2.24, 2.45) is 0 Å². The number of ether oxygens (including phenoxy) is 1. The Kier molecular flexibility index (Phi) is 4.69. The van der Waals surface area contributed by atoms with E-state index in [0.29, 0.717) is 24.9 Å². The van der Waals surface area contributed by atoms with Crippen molar-refractivity contribution in [2.45, 2.75) is 12.8 Å². The minimum Gasteiger partial charge on any atom is -0.478 e. The maximum Gasteiger partial charge on any atom is 0.338 e. The van der Waals surface area contributed by atoms with Crippen molar-refractivity contribution in [3.8, 4) is 0 Å². The molecule has 0 bridgehead atoms. The number of nitrogens with one attached hydrogen (secondary N) is 1. The predicted molar refractivity (Wildman–Crippen MR) is 88.9 cm³/mol. The zero-order valence-corrected chi connectivity index (χ0v) is 13.9. The molecule has 8 heteroatoms. The molecule has 2 aromatic rings. The second-order valence-electron chi connectivity index (χ2n) is 5.74. The van der Waals surface area contributed by atoms with Crippen LogP contribution in [0.3, 0.4) is 0 Å². The molecule has 0 saturated carbocycles. The van der Waals surface area contributed by atoms with E-state index in [1.165, 1.54) is 0 Å². The minimum atomic E-state index is -1.48. The molecule has 1 saturated heterocycles. The molecule has 0 spiro atoms. The van der Waals surface area contributed by atoms with Gasteiger partial charge in [0.15, 0.2) is 0 Å². The smallest absolute Gasteiger partial charge is 0.338 e. The third-order valence-corrected chi connectivity index (χ3v) is 4.29. The first-order chi connectivity index (χ1) is 11.9. The first kappa shape index (κ1) is 17.3. The Balaban J connectivity index is 1.85. The number of aromatic nitrogens is 1. The Morgan fingerprint density at radius 3 is 2.60 bits per heavy atom.